The minimum atomic E-state index is -0.0851. The highest BCUT2D eigenvalue weighted by atomic mass is 16.2. The van der Waals surface area contributed by atoms with Crippen LogP contribution in [0.5, 0.6) is 0 Å². The van der Waals surface area contributed by atoms with Crippen molar-refractivity contribution in [1.82, 2.24) is 14.8 Å². The molecule has 3 aromatic carbocycles. The van der Waals surface area contributed by atoms with Crippen molar-refractivity contribution < 1.29 is 9.59 Å². The fourth-order valence-corrected chi connectivity index (χ4v) is 5.60. The lowest BCUT2D eigenvalue weighted by Gasteiger charge is -2.33. The fourth-order valence-electron chi connectivity index (χ4n) is 5.60. The molecule has 0 radical (unpaired) electrons. The second kappa shape index (κ2) is 9.69. The Kier molecular flexibility index (Phi) is 6.08. The Labute approximate surface area is 216 Å². The third-order valence-corrected chi connectivity index (χ3v) is 7.62. The number of aromatic nitrogens is 1. The first-order valence-electron chi connectivity index (χ1n) is 12.9. The molecule has 2 aliphatic heterocycles. The Balaban J connectivity index is 1.15. The van der Waals surface area contributed by atoms with Crippen molar-refractivity contribution in [3.8, 4) is 0 Å². The number of nitrogens with one attached hydrogen (secondary N) is 1. The van der Waals surface area contributed by atoms with E-state index < -0.39 is 0 Å². The molecule has 1 fully saturated rings. The van der Waals surface area contributed by atoms with Crippen LogP contribution in [-0.4, -0.2) is 39.8 Å². The van der Waals surface area contributed by atoms with E-state index in [0.717, 1.165) is 40.7 Å². The van der Waals surface area contributed by atoms with Crippen molar-refractivity contribution in [1.29, 1.82) is 0 Å². The number of amides is 3. The SMILES string of the molecule is Cc1ccc(C(=O)N2Cc3ccccc3C2)c(C2CCN(C(=O)Nc3cccc4ccccc34)CC2)n1. The Morgan fingerprint density at radius 2 is 1.49 bits per heavy atom. The van der Waals surface area contributed by atoms with E-state index in [1.165, 1.54) is 11.1 Å². The van der Waals surface area contributed by atoms with Gasteiger partial charge in [0.1, 0.15) is 0 Å². The summed E-state index contributed by atoms with van der Waals surface area (Å²) in [7, 11) is 0. The minimum Gasteiger partial charge on any atom is -0.330 e. The van der Waals surface area contributed by atoms with Crippen LogP contribution in [0.1, 0.15) is 51.6 Å². The number of benzene rings is 3. The number of hydrogen-bond acceptors (Lipinski definition) is 3. The van der Waals surface area contributed by atoms with Gasteiger partial charge in [-0.25, -0.2) is 4.79 Å². The number of rotatable bonds is 3. The largest absolute Gasteiger partial charge is 0.330 e. The molecule has 2 aliphatic rings. The zero-order valence-corrected chi connectivity index (χ0v) is 21.0. The van der Waals surface area contributed by atoms with Crippen molar-refractivity contribution >= 4 is 28.4 Å². The van der Waals surface area contributed by atoms with Gasteiger partial charge < -0.3 is 15.1 Å². The summed E-state index contributed by atoms with van der Waals surface area (Å²) >= 11 is 0. The highest BCUT2D eigenvalue weighted by molar-refractivity contribution is 6.01. The zero-order chi connectivity index (χ0) is 25.4. The summed E-state index contributed by atoms with van der Waals surface area (Å²) in [6.07, 6.45) is 1.56. The molecule has 6 rings (SSSR count). The molecule has 1 N–H and O–H groups in total. The molecule has 0 aliphatic carbocycles. The van der Waals surface area contributed by atoms with Crippen LogP contribution in [0.15, 0.2) is 78.9 Å². The van der Waals surface area contributed by atoms with Crippen molar-refractivity contribution in [2.24, 2.45) is 0 Å². The molecular weight excluding hydrogens is 460 g/mol. The van der Waals surface area contributed by atoms with E-state index in [-0.39, 0.29) is 17.9 Å². The van der Waals surface area contributed by atoms with E-state index in [9.17, 15) is 9.59 Å². The van der Waals surface area contributed by atoms with Gasteiger partial charge in [-0.2, -0.15) is 0 Å². The van der Waals surface area contributed by atoms with E-state index in [2.05, 4.69) is 17.4 Å². The van der Waals surface area contributed by atoms with Gasteiger partial charge in [-0.15, -0.1) is 0 Å². The van der Waals surface area contributed by atoms with E-state index in [1.807, 2.05) is 83.5 Å². The van der Waals surface area contributed by atoms with Crippen LogP contribution < -0.4 is 5.32 Å². The number of piperidine rings is 1. The molecule has 1 aromatic heterocycles. The molecule has 3 amide bonds. The third-order valence-electron chi connectivity index (χ3n) is 7.62. The molecule has 3 heterocycles. The predicted octanol–water partition coefficient (Wildman–Crippen LogP) is 6.11. The van der Waals surface area contributed by atoms with Crippen LogP contribution in [0.3, 0.4) is 0 Å². The van der Waals surface area contributed by atoms with Crippen LogP contribution in [-0.2, 0) is 13.1 Å². The number of carbonyl (C=O) groups is 2. The molecular formula is C31H30N4O2. The number of fused-ring (bicyclic) bond motifs is 2. The molecule has 1 saturated heterocycles. The molecule has 6 nitrogen and oxygen atoms in total. The van der Waals surface area contributed by atoms with Crippen LogP contribution >= 0.6 is 0 Å². The lowest BCUT2D eigenvalue weighted by molar-refractivity contribution is 0.0748. The van der Waals surface area contributed by atoms with Crippen LogP contribution in [0, 0.1) is 6.92 Å². The fraction of sp³-hybridized carbons (Fsp3) is 0.258. The number of urea groups is 1. The summed E-state index contributed by atoms with van der Waals surface area (Å²) < 4.78 is 0. The monoisotopic (exact) mass is 490 g/mol. The summed E-state index contributed by atoms with van der Waals surface area (Å²) in [5.74, 6) is 0.181. The second-order valence-corrected chi connectivity index (χ2v) is 10.0. The van der Waals surface area contributed by atoms with Crippen molar-refractivity contribution in [3.05, 3.63) is 107 Å². The molecule has 0 atom stereocenters. The molecule has 6 heteroatoms. The average Bonchev–Trinajstić information content (AvgIpc) is 3.37. The van der Waals surface area contributed by atoms with E-state index >= 15 is 0 Å². The van der Waals surface area contributed by atoms with Crippen LogP contribution in [0.4, 0.5) is 10.5 Å². The normalized spacial score (nSPS) is 15.6. The maximum absolute atomic E-state index is 13.6. The number of anilines is 1. The van der Waals surface area contributed by atoms with Gasteiger partial charge in [-0.1, -0.05) is 60.7 Å². The van der Waals surface area contributed by atoms with Crippen molar-refractivity contribution in [2.45, 2.75) is 38.8 Å². The topological polar surface area (TPSA) is 65.5 Å². The number of pyridine rings is 1. The first kappa shape index (κ1) is 23.2. The van der Waals surface area contributed by atoms with Crippen LogP contribution in [0.2, 0.25) is 0 Å². The standard InChI is InChI=1S/C31H30N4O2/c1-21-13-14-27(30(36)35-19-24-8-2-3-9-25(24)20-35)29(32-21)23-15-17-34(18-16-23)31(37)33-28-12-6-10-22-7-4-5-11-26(22)28/h2-14,23H,15-20H2,1H3,(H,33,37). The smallest absolute Gasteiger partial charge is 0.321 e. The second-order valence-electron chi connectivity index (χ2n) is 10.0. The van der Waals surface area contributed by atoms with E-state index in [1.54, 1.807) is 0 Å². The highest BCUT2D eigenvalue weighted by Gasteiger charge is 2.31. The van der Waals surface area contributed by atoms with Gasteiger partial charge in [-0.05, 0) is 54.5 Å². The third kappa shape index (κ3) is 4.55. The molecule has 0 saturated carbocycles. The first-order chi connectivity index (χ1) is 18.1. The number of carbonyl (C=O) groups excluding carboxylic acids is 2. The lowest BCUT2D eigenvalue weighted by atomic mass is 9.89. The van der Waals surface area contributed by atoms with Gasteiger partial charge in [0.05, 0.1) is 16.9 Å². The van der Waals surface area contributed by atoms with Gasteiger partial charge in [0.15, 0.2) is 0 Å². The number of nitrogens with zero attached hydrogens (tertiary/aromatic N) is 3. The van der Waals surface area contributed by atoms with Gasteiger partial charge in [-0.3, -0.25) is 9.78 Å². The van der Waals surface area contributed by atoms with Gasteiger partial charge in [0.2, 0.25) is 0 Å². The Morgan fingerprint density at radius 3 is 2.24 bits per heavy atom. The lowest BCUT2D eigenvalue weighted by Crippen LogP contribution is -2.41. The van der Waals surface area contributed by atoms with Gasteiger partial charge in [0.25, 0.3) is 5.91 Å². The molecule has 37 heavy (non-hydrogen) atoms. The van der Waals surface area contributed by atoms with E-state index in [0.29, 0.717) is 31.7 Å². The summed E-state index contributed by atoms with van der Waals surface area (Å²) in [6, 6.07) is 26.0. The molecule has 4 aromatic rings. The number of aryl methyl sites for hydroxylation is 1. The van der Waals surface area contributed by atoms with Gasteiger partial charge in [0, 0.05) is 43.2 Å². The Hall–Kier alpha value is -4.19. The highest BCUT2D eigenvalue weighted by Crippen LogP contribution is 2.32. The van der Waals surface area contributed by atoms with Crippen LogP contribution in [0.25, 0.3) is 10.8 Å². The van der Waals surface area contributed by atoms with Crippen molar-refractivity contribution in [3.63, 3.8) is 0 Å². The number of likely N-dealkylation sites (tertiary alicyclic amines) is 1. The molecule has 0 spiro atoms. The number of hydrogen-bond donors (Lipinski definition) is 1. The van der Waals surface area contributed by atoms with Crippen molar-refractivity contribution in [2.75, 3.05) is 18.4 Å². The summed E-state index contributed by atoms with van der Waals surface area (Å²) in [4.78, 5) is 35.3. The quantitative estimate of drug-likeness (QED) is 0.377. The van der Waals surface area contributed by atoms with E-state index in [4.69, 9.17) is 4.98 Å². The summed E-state index contributed by atoms with van der Waals surface area (Å²) in [5.41, 5.74) is 5.72. The molecule has 0 bridgehead atoms. The zero-order valence-electron chi connectivity index (χ0n) is 21.0. The maximum atomic E-state index is 13.6. The maximum Gasteiger partial charge on any atom is 0.321 e. The predicted molar refractivity (Wildman–Crippen MR) is 146 cm³/mol. The first-order valence-corrected chi connectivity index (χ1v) is 12.9. The summed E-state index contributed by atoms with van der Waals surface area (Å²) in [6.45, 7) is 4.49. The average molecular weight is 491 g/mol. The van der Waals surface area contributed by atoms with Gasteiger partial charge >= 0.3 is 6.03 Å². The Bertz CT molecular complexity index is 1460. The minimum absolute atomic E-state index is 0.0369. The summed E-state index contributed by atoms with van der Waals surface area (Å²) in [5, 5.41) is 5.24. The molecule has 186 valence electrons. The molecule has 0 unspecified atom stereocenters. The Morgan fingerprint density at radius 1 is 0.811 bits per heavy atom.